The number of fused-ring (bicyclic) bond motifs is 1. The molecule has 3 rings (SSSR count). The van der Waals surface area contributed by atoms with Gasteiger partial charge in [-0.3, -0.25) is 4.90 Å². The van der Waals surface area contributed by atoms with Crippen LogP contribution in [0.5, 0.6) is 0 Å². The molecule has 0 aromatic heterocycles. The zero-order valence-corrected chi connectivity index (χ0v) is 13.0. The monoisotopic (exact) mass is 366 g/mol. The van der Waals surface area contributed by atoms with Crippen molar-refractivity contribution < 1.29 is 50.3 Å². The highest BCUT2D eigenvalue weighted by Crippen LogP contribution is 2.30. The molecule has 12 heteroatoms. The van der Waals surface area contributed by atoms with Crippen LogP contribution in [0.2, 0.25) is 0 Å². The molecule has 8 N–H and O–H groups in total. The van der Waals surface area contributed by atoms with Gasteiger partial charge < -0.3 is 50.3 Å². The van der Waals surface area contributed by atoms with Crippen molar-refractivity contribution in [3.63, 3.8) is 0 Å². The van der Waals surface area contributed by atoms with E-state index >= 15 is 0 Å². The van der Waals surface area contributed by atoms with Crippen LogP contribution in [0.1, 0.15) is 0 Å². The van der Waals surface area contributed by atoms with Crippen LogP contribution in [-0.2, 0) is 9.47 Å². The Labute approximate surface area is 141 Å². The number of aliphatic hydroxyl groups excluding tert-OH is 8. The first-order valence-corrected chi connectivity index (χ1v) is 7.79. The van der Waals surface area contributed by atoms with Crippen molar-refractivity contribution in [1.82, 2.24) is 4.90 Å². The molecular weight excluding hydrogens is 344 g/mol. The first-order valence-electron chi connectivity index (χ1n) is 7.79. The van der Waals surface area contributed by atoms with E-state index < -0.39 is 67.8 Å². The van der Waals surface area contributed by atoms with Crippen molar-refractivity contribution in [3.8, 4) is 0 Å². The highest BCUT2D eigenvalue weighted by Gasteiger charge is 2.53. The topological polar surface area (TPSA) is 196 Å². The largest absolute Gasteiger partial charge is 0.463 e. The van der Waals surface area contributed by atoms with E-state index in [1.165, 1.54) is 0 Å². The van der Waals surface area contributed by atoms with Crippen LogP contribution in [0.15, 0.2) is 4.99 Å². The molecule has 25 heavy (non-hydrogen) atoms. The molecule has 0 radical (unpaired) electrons. The maximum Gasteiger partial charge on any atom is 0.292 e. The quantitative estimate of drug-likeness (QED) is 0.232. The van der Waals surface area contributed by atoms with E-state index in [1.54, 1.807) is 0 Å². The summed E-state index contributed by atoms with van der Waals surface area (Å²) in [5.41, 5.74) is 0. The zero-order chi connectivity index (χ0) is 18.5. The Kier molecular flexibility index (Phi) is 5.16. The average molecular weight is 366 g/mol. The SMILES string of the molecule is OC[C@H]1O[C@@H](/N=C2\OC[C@@H]3[C@H](O)[C@H](O)[C@@H](O)[C@@H](O)N23)[C@H](O)[C@@H](O)[C@@H]1O. The number of rotatable bonds is 2. The summed E-state index contributed by atoms with van der Waals surface area (Å²) in [6.45, 7) is -0.788. The lowest BCUT2D eigenvalue weighted by molar-refractivity contribution is -0.227. The third kappa shape index (κ3) is 2.99. The van der Waals surface area contributed by atoms with Gasteiger partial charge in [0.05, 0.1) is 12.6 Å². The summed E-state index contributed by atoms with van der Waals surface area (Å²) in [7, 11) is 0. The van der Waals surface area contributed by atoms with Crippen LogP contribution in [0.3, 0.4) is 0 Å². The number of hydrogen-bond acceptors (Lipinski definition) is 11. The van der Waals surface area contributed by atoms with Gasteiger partial charge in [-0.1, -0.05) is 0 Å². The van der Waals surface area contributed by atoms with Crippen molar-refractivity contribution in [2.45, 2.75) is 61.2 Å². The van der Waals surface area contributed by atoms with Gasteiger partial charge in [0, 0.05) is 0 Å². The third-order valence-electron chi connectivity index (χ3n) is 4.75. The number of ether oxygens (including phenoxy) is 2. The second-order valence-corrected chi connectivity index (χ2v) is 6.30. The maximum atomic E-state index is 10.1. The second kappa shape index (κ2) is 6.90. The Morgan fingerprint density at radius 3 is 2.16 bits per heavy atom. The molecule has 0 unspecified atom stereocenters. The van der Waals surface area contributed by atoms with E-state index in [0.29, 0.717) is 0 Å². The van der Waals surface area contributed by atoms with Crippen molar-refractivity contribution in [3.05, 3.63) is 0 Å². The summed E-state index contributed by atoms with van der Waals surface area (Å²) in [5, 5.41) is 78.3. The van der Waals surface area contributed by atoms with Gasteiger partial charge in [-0.05, 0) is 0 Å². The number of amidine groups is 1. The first kappa shape index (κ1) is 18.7. The van der Waals surface area contributed by atoms with E-state index in [1.807, 2.05) is 0 Å². The molecule has 0 aliphatic carbocycles. The summed E-state index contributed by atoms with van der Waals surface area (Å²) in [4.78, 5) is 4.96. The van der Waals surface area contributed by atoms with E-state index in [-0.39, 0.29) is 12.6 Å². The zero-order valence-electron chi connectivity index (χ0n) is 13.0. The Morgan fingerprint density at radius 1 is 0.880 bits per heavy atom. The van der Waals surface area contributed by atoms with Crippen LogP contribution in [0.4, 0.5) is 0 Å². The van der Waals surface area contributed by atoms with Gasteiger partial charge in [0.1, 0.15) is 49.3 Å². The number of aliphatic imine (C=N–C) groups is 1. The maximum absolute atomic E-state index is 10.1. The normalized spacial score (nSPS) is 52.2. The van der Waals surface area contributed by atoms with Crippen LogP contribution in [0, 0.1) is 0 Å². The van der Waals surface area contributed by atoms with Crippen molar-refractivity contribution in [2.24, 2.45) is 4.99 Å². The smallest absolute Gasteiger partial charge is 0.292 e. The fourth-order valence-electron chi connectivity index (χ4n) is 3.20. The van der Waals surface area contributed by atoms with Gasteiger partial charge in [-0.15, -0.1) is 0 Å². The fourth-order valence-corrected chi connectivity index (χ4v) is 3.20. The second-order valence-electron chi connectivity index (χ2n) is 6.30. The molecule has 0 saturated carbocycles. The molecule has 3 aliphatic rings. The standard InChI is InChI=1S/C13H22N2O10/c16-1-4-6(18)8(20)9(21)11(25-4)14-13-15-3(2-24-13)5(17)7(19)10(22)12(15)23/h3-12,16-23H,1-2H2/b14-13-/t3-,4-,5+,6-,7+,8+,9-,10-,11-,12-/m1/s1. The van der Waals surface area contributed by atoms with Gasteiger partial charge in [-0.25, -0.2) is 4.99 Å². The molecule has 3 heterocycles. The molecule has 0 bridgehead atoms. The Bertz CT molecular complexity index is 519. The van der Waals surface area contributed by atoms with Gasteiger partial charge in [0.2, 0.25) is 0 Å². The summed E-state index contributed by atoms with van der Waals surface area (Å²) >= 11 is 0. The molecule has 144 valence electrons. The van der Waals surface area contributed by atoms with Crippen LogP contribution in [0.25, 0.3) is 0 Å². The minimum absolute atomic E-state index is 0.155. The molecular formula is C13H22N2O10. The summed E-state index contributed by atoms with van der Waals surface area (Å²) in [5.74, 6) is 0. The van der Waals surface area contributed by atoms with Crippen LogP contribution in [-0.4, -0.2) is 126 Å². The number of piperidine rings is 1. The molecule has 3 aliphatic heterocycles. The first-order chi connectivity index (χ1) is 11.8. The van der Waals surface area contributed by atoms with Crippen molar-refractivity contribution >= 4 is 6.02 Å². The highest BCUT2D eigenvalue weighted by molar-refractivity contribution is 5.77. The van der Waals surface area contributed by atoms with Crippen molar-refractivity contribution in [1.29, 1.82) is 0 Å². The number of hydrogen-bond donors (Lipinski definition) is 8. The van der Waals surface area contributed by atoms with E-state index in [2.05, 4.69) is 4.99 Å². The average Bonchev–Trinajstić information content (AvgIpc) is 3.02. The molecule has 3 fully saturated rings. The molecule has 3 saturated heterocycles. The van der Waals surface area contributed by atoms with E-state index in [9.17, 15) is 40.9 Å². The third-order valence-corrected chi connectivity index (χ3v) is 4.75. The van der Waals surface area contributed by atoms with Gasteiger partial charge in [-0.2, -0.15) is 0 Å². The van der Waals surface area contributed by atoms with E-state index in [0.717, 1.165) is 4.90 Å². The van der Waals surface area contributed by atoms with Crippen LogP contribution >= 0.6 is 0 Å². The molecule has 0 spiro atoms. The lowest BCUT2D eigenvalue weighted by atomic mass is 9.94. The van der Waals surface area contributed by atoms with Gasteiger partial charge >= 0.3 is 0 Å². The van der Waals surface area contributed by atoms with Gasteiger partial charge in [0.15, 0.2) is 12.5 Å². The fraction of sp³-hybridized carbons (Fsp3) is 0.923. The minimum atomic E-state index is -1.69. The Balaban J connectivity index is 1.84. The summed E-state index contributed by atoms with van der Waals surface area (Å²) in [6.07, 6.45) is -13.7. The highest BCUT2D eigenvalue weighted by atomic mass is 16.6. The summed E-state index contributed by atoms with van der Waals surface area (Å²) < 4.78 is 10.5. The minimum Gasteiger partial charge on any atom is -0.463 e. The Morgan fingerprint density at radius 2 is 1.52 bits per heavy atom. The summed E-state index contributed by atoms with van der Waals surface area (Å²) in [6, 6.07) is -1.18. The number of nitrogens with zero attached hydrogens (tertiary/aromatic N) is 2. The molecule has 0 aromatic carbocycles. The van der Waals surface area contributed by atoms with Gasteiger partial charge in [0.25, 0.3) is 6.02 Å². The predicted molar refractivity (Wildman–Crippen MR) is 76.8 cm³/mol. The lowest BCUT2D eigenvalue weighted by Gasteiger charge is -2.43. The van der Waals surface area contributed by atoms with Crippen molar-refractivity contribution in [2.75, 3.05) is 13.2 Å². The Hall–Kier alpha value is -1.09. The van der Waals surface area contributed by atoms with E-state index in [4.69, 9.17) is 9.47 Å². The van der Waals surface area contributed by atoms with Crippen LogP contribution < -0.4 is 0 Å². The molecule has 0 aromatic rings. The molecule has 12 nitrogen and oxygen atoms in total. The lowest BCUT2D eigenvalue weighted by Crippen LogP contribution is -2.66. The molecule has 10 atom stereocenters. The number of aliphatic hydroxyl groups is 8. The predicted octanol–water partition coefficient (Wildman–Crippen LogP) is -5.74. The molecule has 0 amide bonds.